The number of unbranched alkanes of at least 4 members (excludes halogenated alkanes) is 1. The second-order valence-corrected chi connectivity index (χ2v) is 9.75. The molecule has 0 spiro atoms. The van der Waals surface area contributed by atoms with Gasteiger partial charge in [-0.25, -0.2) is 0 Å². The van der Waals surface area contributed by atoms with E-state index in [1.807, 2.05) is 23.9 Å². The molecule has 0 saturated heterocycles. The Labute approximate surface area is 199 Å². The van der Waals surface area contributed by atoms with E-state index in [-0.39, 0.29) is 11.7 Å². The number of alkyl halides is 3. The summed E-state index contributed by atoms with van der Waals surface area (Å²) in [4.78, 5) is 3.60. The van der Waals surface area contributed by atoms with Crippen LogP contribution in [0, 0.1) is 5.92 Å². The number of nitrogens with zero attached hydrogens (tertiary/aromatic N) is 1. The molecular weight excluding hydrogens is 443 g/mol. The SMILES string of the molecule is CCCCC1C(SCCN(C)C)=CC=CC1c1cccc(Oc2cccc(C(F)(F)F)c2)c1. The number of ether oxygens (including phenoxy) is 1. The summed E-state index contributed by atoms with van der Waals surface area (Å²) in [6.45, 7) is 3.23. The Balaban J connectivity index is 1.79. The molecule has 0 radical (unpaired) electrons. The summed E-state index contributed by atoms with van der Waals surface area (Å²) >= 11 is 1.92. The molecule has 0 fully saturated rings. The van der Waals surface area contributed by atoms with E-state index in [1.165, 1.54) is 11.0 Å². The van der Waals surface area contributed by atoms with Crippen LogP contribution in [0.4, 0.5) is 13.2 Å². The highest BCUT2D eigenvalue weighted by Crippen LogP contribution is 2.43. The van der Waals surface area contributed by atoms with Gasteiger partial charge in [0.05, 0.1) is 5.56 Å². The Kier molecular flexibility index (Phi) is 9.10. The zero-order chi connectivity index (χ0) is 23.8. The third-order valence-corrected chi connectivity index (χ3v) is 6.85. The van der Waals surface area contributed by atoms with Gasteiger partial charge >= 0.3 is 6.18 Å². The van der Waals surface area contributed by atoms with Crippen LogP contribution in [0.2, 0.25) is 0 Å². The van der Waals surface area contributed by atoms with E-state index >= 15 is 0 Å². The molecule has 0 bridgehead atoms. The number of allylic oxidation sites excluding steroid dienone is 4. The molecule has 0 aromatic heterocycles. The van der Waals surface area contributed by atoms with Gasteiger partial charge in [-0.15, -0.1) is 11.8 Å². The van der Waals surface area contributed by atoms with Crippen LogP contribution in [-0.2, 0) is 6.18 Å². The van der Waals surface area contributed by atoms with Crippen LogP contribution in [0.25, 0.3) is 0 Å². The summed E-state index contributed by atoms with van der Waals surface area (Å²) in [5.74, 6) is 2.38. The fraction of sp³-hybridized carbons (Fsp3) is 0.407. The first kappa shape index (κ1) is 25.4. The second kappa shape index (κ2) is 11.8. The maximum Gasteiger partial charge on any atom is 0.416 e. The summed E-state index contributed by atoms with van der Waals surface area (Å²) in [5, 5.41) is 0. The normalized spacial score (nSPS) is 18.5. The molecule has 33 heavy (non-hydrogen) atoms. The standard InChI is InChI=1S/C27H32F3NOS/c1-4-5-13-25-24(14-8-15-26(25)33-17-16-31(2)3)20-9-6-11-22(18-20)32-23-12-7-10-21(19-23)27(28,29)30/h6-12,14-15,18-19,24-25H,4-5,13,16-17H2,1-3H3. The lowest BCUT2D eigenvalue weighted by atomic mass is 9.80. The van der Waals surface area contributed by atoms with Crippen LogP contribution in [-0.4, -0.2) is 31.3 Å². The number of halogens is 3. The topological polar surface area (TPSA) is 12.5 Å². The van der Waals surface area contributed by atoms with Crippen molar-refractivity contribution in [2.45, 2.75) is 38.3 Å². The zero-order valence-electron chi connectivity index (χ0n) is 19.4. The van der Waals surface area contributed by atoms with Crippen molar-refractivity contribution >= 4 is 11.8 Å². The van der Waals surface area contributed by atoms with Gasteiger partial charge < -0.3 is 9.64 Å². The molecule has 0 N–H and O–H groups in total. The van der Waals surface area contributed by atoms with Gasteiger partial charge in [-0.3, -0.25) is 0 Å². The van der Waals surface area contributed by atoms with E-state index in [0.717, 1.165) is 49.3 Å². The highest BCUT2D eigenvalue weighted by atomic mass is 32.2. The quantitative estimate of drug-likeness (QED) is 0.344. The molecule has 6 heteroatoms. The molecule has 1 aliphatic carbocycles. The van der Waals surface area contributed by atoms with Crippen molar-refractivity contribution in [2.24, 2.45) is 5.92 Å². The zero-order valence-corrected chi connectivity index (χ0v) is 20.3. The van der Waals surface area contributed by atoms with Crippen LogP contribution >= 0.6 is 11.8 Å². The average Bonchev–Trinajstić information content (AvgIpc) is 2.77. The Bertz CT molecular complexity index is 968. The lowest BCUT2D eigenvalue weighted by Gasteiger charge is -2.30. The maximum absolute atomic E-state index is 13.1. The van der Waals surface area contributed by atoms with Crippen molar-refractivity contribution in [1.29, 1.82) is 0 Å². The highest BCUT2D eigenvalue weighted by molar-refractivity contribution is 8.03. The molecule has 2 unspecified atom stereocenters. The first-order valence-corrected chi connectivity index (χ1v) is 12.4. The number of benzene rings is 2. The molecule has 0 saturated carbocycles. The fourth-order valence-electron chi connectivity index (χ4n) is 3.95. The number of hydrogen-bond acceptors (Lipinski definition) is 3. The van der Waals surface area contributed by atoms with Gasteiger partial charge in [0, 0.05) is 24.1 Å². The molecule has 3 rings (SSSR count). The van der Waals surface area contributed by atoms with Gasteiger partial charge in [-0.1, -0.05) is 56.2 Å². The molecule has 0 amide bonds. The number of hydrogen-bond donors (Lipinski definition) is 0. The van der Waals surface area contributed by atoms with E-state index in [4.69, 9.17) is 4.74 Å². The molecule has 0 aliphatic heterocycles. The Morgan fingerprint density at radius 1 is 1.03 bits per heavy atom. The average molecular weight is 476 g/mol. The lowest BCUT2D eigenvalue weighted by Crippen LogP contribution is -2.18. The lowest BCUT2D eigenvalue weighted by molar-refractivity contribution is -0.137. The molecular formula is C27H32F3NOS. The number of rotatable bonds is 10. The molecule has 0 heterocycles. The van der Waals surface area contributed by atoms with Crippen molar-refractivity contribution in [2.75, 3.05) is 26.4 Å². The van der Waals surface area contributed by atoms with Crippen molar-refractivity contribution < 1.29 is 17.9 Å². The third-order valence-electron chi connectivity index (χ3n) is 5.69. The second-order valence-electron chi connectivity index (χ2n) is 8.58. The van der Waals surface area contributed by atoms with Crippen LogP contribution in [0.15, 0.2) is 71.7 Å². The molecule has 2 aromatic rings. The summed E-state index contributed by atoms with van der Waals surface area (Å²) in [6, 6.07) is 12.8. The summed E-state index contributed by atoms with van der Waals surface area (Å²) in [5.41, 5.74) is 0.408. The molecule has 1 aliphatic rings. The van der Waals surface area contributed by atoms with Crippen molar-refractivity contribution in [3.05, 3.63) is 82.8 Å². The molecule has 2 nitrogen and oxygen atoms in total. The fourth-order valence-corrected chi connectivity index (χ4v) is 5.30. The Morgan fingerprint density at radius 3 is 2.45 bits per heavy atom. The van der Waals surface area contributed by atoms with E-state index in [2.05, 4.69) is 50.2 Å². The van der Waals surface area contributed by atoms with Crippen LogP contribution in [0.5, 0.6) is 11.5 Å². The minimum absolute atomic E-state index is 0.184. The van der Waals surface area contributed by atoms with Gasteiger partial charge in [-0.05, 0) is 61.3 Å². The van der Waals surface area contributed by atoms with Gasteiger partial charge in [0.15, 0.2) is 0 Å². The predicted octanol–water partition coefficient (Wildman–Crippen LogP) is 8.14. The molecule has 178 valence electrons. The maximum atomic E-state index is 13.1. The minimum atomic E-state index is -4.40. The van der Waals surface area contributed by atoms with Crippen LogP contribution in [0.1, 0.15) is 43.2 Å². The van der Waals surface area contributed by atoms with Gasteiger partial charge in [0.25, 0.3) is 0 Å². The summed E-state index contributed by atoms with van der Waals surface area (Å²) in [6.07, 6.45) is 5.60. The van der Waals surface area contributed by atoms with Gasteiger partial charge in [0.2, 0.25) is 0 Å². The van der Waals surface area contributed by atoms with Crippen molar-refractivity contribution in [1.82, 2.24) is 4.90 Å². The smallest absolute Gasteiger partial charge is 0.416 e. The predicted molar refractivity (Wildman–Crippen MR) is 132 cm³/mol. The first-order chi connectivity index (χ1) is 15.8. The Hall–Kier alpha value is -2.18. The van der Waals surface area contributed by atoms with E-state index in [9.17, 15) is 13.2 Å². The number of thioether (sulfide) groups is 1. The highest BCUT2D eigenvalue weighted by Gasteiger charge is 2.31. The van der Waals surface area contributed by atoms with Crippen molar-refractivity contribution in [3.8, 4) is 11.5 Å². The largest absolute Gasteiger partial charge is 0.457 e. The van der Waals surface area contributed by atoms with E-state index < -0.39 is 11.7 Å². The van der Waals surface area contributed by atoms with Crippen LogP contribution in [0.3, 0.4) is 0 Å². The molecule has 2 aromatic carbocycles. The first-order valence-electron chi connectivity index (χ1n) is 11.4. The molecule has 2 atom stereocenters. The summed E-state index contributed by atoms with van der Waals surface area (Å²) < 4.78 is 45.0. The van der Waals surface area contributed by atoms with Crippen molar-refractivity contribution in [3.63, 3.8) is 0 Å². The summed E-state index contributed by atoms with van der Waals surface area (Å²) in [7, 11) is 4.17. The third kappa shape index (κ3) is 7.41. The van der Waals surface area contributed by atoms with Gasteiger partial charge in [0.1, 0.15) is 11.5 Å². The minimum Gasteiger partial charge on any atom is -0.457 e. The van der Waals surface area contributed by atoms with E-state index in [1.54, 1.807) is 12.1 Å². The van der Waals surface area contributed by atoms with Gasteiger partial charge in [-0.2, -0.15) is 13.2 Å². The monoisotopic (exact) mass is 475 g/mol. The Morgan fingerprint density at radius 2 is 1.76 bits per heavy atom. The van der Waals surface area contributed by atoms with Crippen LogP contribution < -0.4 is 4.74 Å². The van der Waals surface area contributed by atoms with E-state index in [0.29, 0.717) is 11.7 Å².